The summed E-state index contributed by atoms with van der Waals surface area (Å²) in [6, 6.07) is 21.7. The maximum absolute atomic E-state index is 13.1. The molecule has 0 aliphatic heterocycles. The van der Waals surface area contributed by atoms with Crippen LogP contribution in [0.5, 0.6) is 17.2 Å². The van der Waals surface area contributed by atoms with Gasteiger partial charge in [-0.1, -0.05) is 60.1 Å². The highest BCUT2D eigenvalue weighted by Gasteiger charge is 2.24. The molecule has 28 heavy (non-hydrogen) atoms. The van der Waals surface area contributed by atoms with E-state index in [1.807, 2.05) is 48.5 Å². The van der Waals surface area contributed by atoms with E-state index in [-0.39, 0.29) is 5.91 Å². The van der Waals surface area contributed by atoms with Crippen molar-refractivity contribution in [2.75, 3.05) is 19.5 Å². The van der Waals surface area contributed by atoms with Crippen LogP contribution in [0.1, 0.15) is 11.7 Å². The van der Waals surface area contributed by atoms with Crippen molar-refractivity contribution >= 4 is 23.2 Å². The maximum Gasteiger partial charge on any atom is 0.270 e. The number of para-hydroxylation sites is 1. The van der Waals surface area contributed by atoms with Crippen molar-refractivity contribution in [2.24, 2.45) is 0 Å². The van der Waals surface area contributed by atoms with Crippen LogP contribution in [0.4, 0.5) is 5.69 Å². The first-order valence-corrected chi connectivity index (χ1v) is 8.99. The van der Waals surface area contributed by atoms with E-state index >= 15 is 0 Å². The molecule has 1 N–H and O–H groups in total. The lowest BCUT2D eigenvalue weighted by atomic mass is 10.1. The SMILES string of the molecule is COc1cc(OC)c(NC(=O)C(Oc2ccccc2)c2ccccc2)cc1Cl. The van der Waals surface area contributed by atoms with Crippen molar-refractivity contribution in [1.29, 1.82) is 0 Å². The molecular weight excluding hydrogens is 378 g/mol. The Morgan fingerprint density at radius 1 is 0.893 bits per heavy atom. The summed E-state index contributed by atoms with van der Waals surface area (Å²) >= 11 is 6.21. The average Bonchev–Trinajstić information content (AvgIpc) is 2.73. The molecule has 3 rings (SSSR count). The first-order chi connectivity index (χ1) is 13.6. The van der Waals surface area contributed by atoms with Crippen LogP contribution in [0.3, 0.4) is 0 Å². The second-order valence-electron chi connectivity index (χ2n) is 5.90. The molecule has 0 spiro atoms. The summed E-state index contributed by atoms with van der Waals surface area (Å²) in [5.74, 6) is 1.12. The van der Waals surface area contributed by atoms with Gasteiger partial charge in [0, 0.05) is 11.6 Å². The van der Waals surface area contributed by atoms with E-state index in [0.717, 1.165) is 5.56 Å². The van der Waals surface area contributed by atoms with Gasteiger partial charge in [0.1, 0.15) is 17.2 Å². The lowest BCUT2D eigenvalue weighted by Crippen LogP contribution is -2.26. The van der Waals surface area contributed by atoms with Crippen LogP contribution in [-0.2, 0) is 4.79 Å². The normalized spacial score (nSPS) is 11.4. The molecule has 144 valence electrons. The monoisotopic (exact) mass is 397 g/mol. The van der Waals surface area contributed by atoms with Crippen molar-refractivity contribution in [3.8, 4) is 17.2 Å². The zero-order valence-electron chi connectivity index (χ0n) is 15.5. The molecular formula is C22H20ClNO4. The largest absolute Gasteiger partial charge is 0.495 e. The maximum atomic E-state index is 13.1. The van der Waals surface area contributed by atoms with Gasteiger partial charge in [0.2, 0.25) is 6.10 Å². The van der Waals surface area contributed by atoms with Gasteiger partial charge in [-0.2, -0.15) is 0 Å². The standard InChI is InChI=1S/C22H20ClNO4/c1-26-19-14-20(27-2)18(13-17(19)23)24-22(25)21(15-9-5-3-6-10-15)28-16-11-7-4-8-12-16/h3-14,21H,1-2H3,(H,24,25). The summed E-state index contributed by atoms with van der Waals surface area (Å²) in [6.07, 6.45) is -0.853. The van der Waals surface area contributed by atoms with E-state index in [1.165, 1.54) is 14.2 Å². The Hall–Kier alpha value is -3.18. The summed E-state index contributed by atoms with van der Waals surface area (Å²) in [6.45, 7) is 0. The van der Waals surface area contributed by atoms with Crippen LogP contribution in [-0.4, -0.2) is 20.1 Å². The number of methoxy groups -OCH3 is 2. The molecule has 0 fully saturated rings. The molecule has 0 aromatic heterocycles. The van der Waals surface area contributed by atoms with Crippen molar-refractivity contribution < 1.29 is 19.0 Å². The van der Waals surface area contributed by atoms with Gasteiger partial charge in [0.15, 0.2) is 0 Å². The van der Waals surface area contributed by atoms with Gasteiger partial charge in [0.25, 0.3) is 5.91 Å². The highest BCUT2D eigenvalue weighted by atomic mass is 35.5. The molecule has 0 bridgehead atoms. The van der Waals surface area contributed by atoms with Crippen molar-refractivity contribution in [3.63, 3.8) is 0 Å². The summed E-state index contributed by atoms with van der Waals surface area (Å²) in [5.41, 5.74) is 1.15. The Morgan fingerprint density at radius 2 is 1.50 bits per heavy atom. The van der Waals surface area contributed by atoms with Crippen molar-refractivity contribution in [2.45, 2.75) is 6.10 Å². The third-order valence-electron chi connectivity index (χ3n) is 4.07. The minimum absolute atomic E-state index is 0.352. The number of rotatable bonds is 7. The smallest absolute Gasteiger partial charge is 0.270 e. The Bertz CT molecular complexity index is 932. The molecule has 3 aromatic carbocycles. The summed E-state index contributed by atoms with van der Waals surface area (Å²) in [5, 5.41) is 3.20. The third kappa shape index (κ3) is 4.56. The topological polar surface area (TPSA) is 56.8 Å². The number of carbonyl (C=O) groups is 1. The van der Waals surface area contributed by atoms with Gasteiger partial charge in [-0.3, -0.25) is 4.79 Å². The number of hydrogen-bond acceptors (Lipinski definition) is 4. The summed E-state index contributed by atoms with van der Waals surface area (Å²) in [7, 11) is 3.02. The molecule has 0 radical (unpaired) electrons. The lowest BCUT2D eigenvalue weighted by molar-refractivity contribution is -0.123. The van der Waals surface area contributed by atoms with Crippen LogP contribution in [0.25, 0.3) is 0 Å². The van der Waals surface area contributed by atoms with Crippen molar-refractivity contribution in [1.82, 2.24) is 0 Å². The highest BCUT2D eigenvalue weighted by molar-refractivity contribution is 6.32. The highest BCUT2D eigenvalue weighted by Crippen LogP contribution is 2.36. The second-order valence-corrected chi connectivity index (χ2v) is 6.31. The predicted octanol–water partition coefficient (Wildman–Crippen LogP) is 5.12. The van der Waals surface area contributed by atoms with Gasteiger partial charge in [0.05, 0.1) is 24.9 Å². The zero-order chi connectivity index (χ0) is 19.9. The Balaban J connectivity index is 1.91. The fourth-order valence-electron chi connectivity index (χ4n) is 2.69. The van der Waals surface area contributed by atoms with Gasteiger partial charge in [-0.25, -0.2) is 0 Å². The first kappa shape index (κ1) is 19.6. The number of ether oxygens (including phenoxy) is 3. The predicted molar refractivity (Wildman–Crippen MR) is 109 cm³/mol. The number of carbonyl (C=O) groups excluding carboxylic acids is 1. The second kappa shape index (κ2) is 9.15. The molecule has 0 saturated carbocycles. The first-order valence-electron chi connectivity index (χ1n) is 8.61. The van der Waals surface area contributed by atoms with E-state index in [4.69, 9.17) is 25.8 Å². The Kier molecular flexibility index (Phi) is 6.40. The number of benzene rings is 3. The number of nitrogens with one attached hydrogen (secondary N) is 1. The molecule has 0 aliphatic carbocycles. The fourth-order valence-corrected chi connectivity index (χ4v) is 2.93. The number of amides is 1. The van der Waals surface area contributed by atoms with E-state index in [2.05, 4.69) is 5.32 Å². The lowest BCUT2D eigenvalue weighted by Gasteiger charge is -2.20. The number of hydrogen-bond donors (Lipinski definition) is 1. The molecule has 1 amide bonds. The number of halogens is 1. The van der Waals surface area contributed by atoms with Gasteiger partial charge in [-0.05, 0) is 18.2 Å². The molecule has 0 aliphatic rings. The summed E-state index contributed by atoms with van der Waals surface area (Å²) in [4.78, 5) is 13.1. The molecule has 0 heterocycles. The molecule has 1 unspecified atom stereocenters. The van der Waals surface area contributed by atoms with Gasteiger partial charge >= 0.3 is 0 Å². The molecule has 0 saturated heterocycles. The van der Waals surface area contributed by atoms with Gasteiger partial charge in [-0.15, -0.1) is 0 Å². The van der Waals surface area contributed by atoms with Crippen LogP contribution < -0.4 is 19.5 Å². The molecule has 6 heteroatoms. The Labute approximate surface area is 168 Å². The van der Waals surface area contributed by atoms with Crippen LogP contribution in [0, 0.1) is 0 Å². The Morgan fingerprint density at radius 3 is 2.11 bits per heavy atom. The van der Waals surface area contributed by atoms with E-state index in [9.17, 15) is 4.79 Å². The fraction of sp³-hybridized carbons (Fsp3) is 0.136. The van der Waals surface area contributed by atoms with E-state index in [0.29, 0.717) is 28.0 Å². The van der Waals surface area contributed by atoms with Crippen LogP contribution >= 0.6 is 11.6 Å². The summed E-state index contributed by atoms with van der Waals surface area (Å²) < 4.78 is 16.5. The van der Waals surface area contributed by atoms with Gasteiger partial charge < -0.3 is 19.5 Å². The third-order valence-corrected chi connectivity index (χ3v) is 4.36. The van der Waals surface area contributed by atoms with Crippen LogP contribution in [0.2, 0.25) is 5.02 Å². The minimum atomic E-state index is -0.853. The van der Waals surface area contributed by atoms with Crippen LogP contribution in [0.15, 0.2) is 72.8 Å². The molecule has 3 aromatic rings. The zero-order valence-corrected chi connectivity index (χ0v) is 16.3. The molecule has 1 atom stereocenters. The van der Waals surface area contributed by atoms with E-state index in [1.54, 1.807) is 24.3 Å². The van der Waals surface area contributed by atoms with Crippen molar-refractivity contribution in [3.05, 3.63) is 83.4 Å². The average molecular weight is 398 g/mol. The minimum Gasteiger partial charge on any atom is -0.495 e. The van der Waals surface area contributed by atoms with E-state index < -0.39 is 6.10 Å². The molecule has 5 nitrogen and oxygen atoms in total. The quantitative estimate of drug-likeness (QED) is 0.601. The number of anilines is 1.